The number of carboxylic acid groups (broad SMARTS) is 1. The van der Waals surface area contributed by atoms with Gasteiger partial charge in [-0.2, -0.15) is 5.10 Å². The fourth-order valence-corrected chi connectivity index (χ4v) is 2.55. The zero-order valence-electron chi connectivity index (χ0n) is 14.1. The van der Waals surface area contributed by atoms with Gasteiger partial charge in [0, 0.05) is 25.9 Å². The van der Waals surface area contributed by atoms with Gasteiger partial charge in [0.2, 0.25) is 0 Å². The minimum absolute atomic E-state index is 0.0145. The lowest BCUT2D eigenvalue weighted by Gasteiger charge is -2.27. The van der Waals surface area contributed by atoms with E-state index in [4.69, 9.17) is 5.11 Å². The first-order valence-electron chi connectivity index (χ1n) is 7.96. The molecule has 2 rings (SSSR count). The molecule has 0 saturated carbocycles. The third kappa shape index (κ3) is 4.20. The molecule has 0 bridgehead atoms. The van der Waals surface area contributed by atoms with Gasteiger partial charge in [0.25, 0.3) is 0 Å². The van der Waals surface area contributed by atoms with E-state index >= 15 is 0 Å². The van der Waals surface area contributed by atoms with Crippen LogP contribution in [0, 0.1) is 5.92 Å². The number of carboxylic acids is 1. The van der Waals surface area contributed by atoms with E-state index in [1.165, 1.54) is 4.90 Å². The van der Waals surface area contributed by atoms with Crippen LogP contribution in [0.5, 0.6) is 0 Å². The lowest BCUT2D eigenvalue weighted by atomic mass is 10.1. The largest absolute Gasteiger partial charge is 0.481 e. The smallest absolute Gasteiger partial charge is 0.317 e. The van der Waals surface area contributed by atoms with Crippen molar-refractivity contribution in [3.05, 3.63) is 11.6 Å². The van der Waals surface area contributed by atoms with Gasteiger partial charge >= 0.3 is 12.0 Å². The molecule has 1 aromatic rings. The highest BCUT2D eigenvalue weighted by Crippen LogP contribution is 2.17. The summed E-state index contributed by atoms with van der Waals surface area (Å²) in [6.45, 7) is 6.48. The maximum Gasteiger partial charge on any atom is 0.317 e. The Balaban J connectivity index is 1.91. The highest BCUT2D eigenvalue weighted by atomic mass is 16.4. The predicted octanol–water partition coefficient (Wildman–Crippen LogP) is 1.08. The summed E-state index contributed by atoms with van der Waals surface area (Å²) in [5, 5.41) is 16.3. The second kappa shape index (κ2) is 6.97. The van der Waals surface area contributed by atoms with Crippen LogP contribution in [0.1, 0.15) is 44.8 Å². The van der Waals surface area contributed by atoms with Crippen molar-refractivity contribution in [1.29, 1.82) is 0 Å². The molecule has 0 fully saturated rings. The average molecular weight is 323 g/mol. The Morgan fingerprint density at radius 1 is 1.43 bits per heavy atom. The van der Waals surface area contributed by atoms with Crippen molar-refractivity contribution in [1.82, 2.24) is 25.0 Å². The molecule has 0 aromatic carbocycles. The lowest BCUT2D eigenvalue weighted by Crippen LogP contribution is -2.48. The van der Waals surface area contributed by atoms with Gasteiger partial charge in [0.05, 0.1) is 18.5 Å². The van der Waals surface area contributed by atoms with Crippen molar-refractivity contribution in [2.45, 2.75) is 52.1 Å². The molecule has 2 unspecified atom stereocenters. The van der Waals surface area contributed by atoms with Crippen molar-refractivity contribution in [3.63, 3.8) is 0 Å². The standard InChI is InChI=1S/C15H25N5O3/c1-9(2)13-17-12-6-5-11(8-20(12)18-13)16-15(23)19(4)7-10(3)14(21)22/h9-11H,5-8H2,1-4H3,(H,16,23)(H,21,22). The van der Waals surface area contributed by atoms with E-state index < -0.39 is 11.9 Å². The normalized spacial score (nSPS) is 18.4. The first-order valence-corrected chi connectivity index (χ1v) is 7.96. The fourth-order valence-electron chi connectivity index (χ4n) is 2.55. The van der Waals surface area contributed by atoms with Gasteiger partial charge in [-0.3, -0.25) is 4.79 Å². The minimum atomic E-state index is -0.907. The summed E-state index contributed by atoms with van der Waals surface area (Å²) in [4.78, 5) is 29.0. The van der Waals surface area contributed by atoms with Crippen LogP contribution in [-0.4, -0.2) is 56.4 Å². The molecular weight excluding hydrogens is 298 g/mol. The zero-order valence-corrected chi connectivity index (χ0v) is 14.1. The van der Waals surface area contributed by atoms with Gasteiger partial charge < -0.3 is 15.3 Å². The summed E-state index contributed by atoms with van der Waals surface area (Å²) in [5.74, 6) is 0.583. The molecule has 2 heterocycles. The quantitative estimate of drug-likeness (QED) is 0.844. The molecule has 0 aliphatic carbocycles. The summed E-state index contributed by atoms with van der Waals surface area (Å²) in [7, 11) is 1.61. The van der Waals surface area contributed by atoms with Crippen LogP contribution in [0.4, 0.5) is 4.79 Å². The van der Waals surface area contributed by atoms with Gasteiger partial charge in [-0.1, -0.05) is 20.8 Å². The molecule has 8 heteroatoms. The van der Waals surface area contributed by atoms with Crippen LogP contribution in [0.15, 0.2) is 0 Å². The Labute approximate surface area is 135 Å². The number of hydrogen-bond donors (Lipinski definition) is 2. The first kappa shape index (κ1) is 17.2. The Morgan fingerprint density at radius 3 is 2.74 bits per heavy atom. The summed E-state index contributed by atoms with van der Waals surface area (Å²) < 4.78 is 1.86. The van der Waals surface area contributed by atoms with E-state index in [9.17, 15) is 9.59 Å². The molecule has 2 N–H and O–H groups in total. The van der Waals surface area contributed by atoms with Crippen LogP contribution >= 0.6 is 0 Å². The van der Waals surface area contributed by atoms with E-state index in [0.717, 1.165) is 24.5 Å². The number of aliphatic carboxylic acids is 1. The molecule has 1 aliphatic rings. The van der Waals surface area contributed by atoms with Crippen LogP contribution in [-0.2, 0) is 17.8 Å². The number of carbonyl (C=O) groups is 2. The third-order valence-electron chi connectivity index (χ3n) is 4.03. The Hall–Kier alpha value is -2.12. The van der Waals surface area contributed by atoms with Crippen LogP contribution in [0.3, 0.4) is 0 Å². The Morgan fingerprint density at radius 2 is 2.13 bits per heavy atom. The second-order valence-corrected chi connectivity index (χ2v) is 6.53. The zero-order chi connectivity index (χ0) is 17.1. The van der Waals surface area contributed by atoms with Crippen molar-refractivity contribution in [2.24, 2.45) is 5.92 Å². The summed E-state index contributed by atoms with van der Waals surface area (Å²) >= 11 is 0. The molecule has 23 heavy (non-hydrogen) atoms. The number of urea groups is 1. The average Bonchev–Trinajstić information content (AvgIpc) is 2.90. The van der Waals surface area contributed by atoms with E-state index in [2.05, 4.69) is 29.2 Å². The SMILES string of the molecule is CC(CN(C)C(=O)NC1CCc2nc(C(C)C)nn2C1)C(=O)O. The van der Waals surface area contributed by atoms with Crippen molar-refractivity contribution >= 4 is 12.0 Å². The Bertz CT molecular complexity index is 584. The second-order valence-electron chi connectivity index (χ2n) is 6.53. The molecule has 2 amide bonds. The van der Waals surface area contributed by atoms with Crippen molar-refractivity contribution in [2.75, 3.05) is 13.6 Å². The molecule has 0 saturated heterocycles. The van der Waals surface area contributed by atoms with Gasteiger partial charge in [0.1, 0.15) is 5.82 Å². The maximum absolute atomic E-state index is 12.2. The fraction of sp³-hybridized carbons (Fsp3) is 0.733. The highest BCUT2D eigenvalue weighted by molar-refractivity contribution is 5.76. The number of hydrogen-bond acceptors (Lipinski definition) is 4. The molecule has 8 nitrogen and oxygen atoms in total. The number of nitrogens with one attached hydrogen (secondary N) is 1. The van der Waals surface area contributed by atoms with E-state index in [-0.39, 0.29) is 24.5 Å². The van der Waals surface area contributed by atoms with Crippen LogP contribution in [0.2, 0.25) is 0 Å². The molecule has 0 radical (unpaired) electrons. The molecule has 1 aromatic heterocycles. The topological polar surface area (TPSA) is 100 Å². The number of rotatable bonds is 5. The summed E-state index contributed by atoms with van der Waals surface area (Å²) in [6.07, 6.45) is 1.59. The van der Waals surface area contributed by atoms with Gasteiger partial charge in [-0.25, -0.2) is 14.5 Å². The van der Waals surface area contributed by atoms with Crippen LogP contribution < -0.4 is 5.32 Å². The lowest BCUT2D eigenvalue weighted by molar-refractivity contribution is -0.141. The van der Waals surface area contributed by atoms with Gasteiger partial charge in [0.15, 0.2) is 5.82 Å². The van der Waals surface area contributed by atoms with E-state index in [0.29, 0.717) is 6.54 Å². The number of carbonyl (C=O) groups excluding carboxylic acids is 1. The molecule has 1 aliphatic heterocycles. The number of aryl methyl sites for hydroxylation is 1. The molecule has 2 atom stereocenters. The number of amides is 2. The summed E-state index contributed by atoms with van der Waals surface area (Å²) in [5.41, 5.74) is 0. The number of aromatic nitrogens is 3. The van der Waals surface area contributed by atoms with E-state index in [1.807, 2.05) is 4.68 Å². The predicted molar refractivity (Wildman–Crippen MR) is 84.2 cm³/mol. The van der Waals surface area contributed by atoms with Crippen molar-refractivity contribution in [3.8, 4) is 0 Å². The Kier molecular flexibility index (Phi) is 5.23. The molecule has 128 valence electrons. The highest BCUT2D eigenvalue weighted by Gasteiger charge is 2.25. The van der Waals surface area contributed by atoms with E-state index in [1.54, 1.807) is 14.0 Å². The van der Waals surface area contributed by atoms with Crippen LogP contribution in [0.25, 0.3) is 0 Å². The maximum atomic E-state index is 12.2. The number of fused-ring (bicyclic) bond motifs is 1. The molecule has 0 spiro atoms. The van der Waals surface area contributed by atoms with Gasteiger partial charge in [-0.15, -0.1) is 0 Å². The molecular formula is C15H25N5O3. The van der Waals surface area contributed by atoms with Gasteiger partial charge in [-0.05, 0) is 6.42 Å². The summed E-state index contributed by atoms with van der Waals surface area (Å²) in [6, 6.07) is -0.268. The minimum Gasteiger partial charge on any atom is -0.481 e. The number of nitrogens with zero attached hydrogens (tertiary/aromatic N) is 4. The monoisotopic (exact) mass is 323 g/mol. The third-order valence-corrected chi connectivity index (χ3v) is 4.03. The first-order chi connectivity index (χ1) is 10.8. The van der Waals surface area contributed by atoms with Crippen molar-refractivity contribution < 1.29 is 14.7 Å².